The van der Waals surface area contributed by atoms with Gasteiger partial charge in [0.15, 0.2) is 0 Å². The molecule has 2 amide bonds. The highest BCUT2D eigenvalue weighted by molar-refractivity contribution is 9.10. The Morgan fingerprint density at radius 1 is 1.56 bits per heavy atom. The van der Waals surface area contributed by atoms with Crippen LogP contribution in [0.3, 0.4) is 0 Å². The normalized spacial score (nSPS) is 10.4. The summed E-state index contributed by atoms with van der Waals surface area (Å²) in [6.07, 6.45) is 1.52. The molecule has 1 aromatic carbocycles. The minimum absolute atomic E-state index is 0.680. The first kappa shape index (κ1) is 12.5. The molecule has 0 bridgehead atoms. The van der Waals surface area contributed by atoms with Gasteiger partial charge in [-0.15, -0.1) is 0 Å². The summed E-state index contributed by atoms with van der Waals surface area (Å²) in [5, 5.41) is 3.67. The van der Waals surface area contributed by atoms with Crippen LogP contribution in [0, 0.1) is 0 Å². The lowest BCUT2D eigenvalue weighted by Crippen LogP contribution is -2.24. The van der Waals surface area contributed by atoms with E-state index < -0.39 is 6.03 Å². The third kappa shape index (κ3) is 3.54. The van der Waals surface area contributed by atoms with Crippen molar-refractivity contribution < 1.29 is 4.79 Å². The molecule has 0 spiro atoms. The number of rotatable bonds is 3. The number of benzene rings is 1. The van der Waals surface area contributed by atoms with Crippen molar-refractivity contribution in [1.82, 2.24) is 5.43 Å². The number of carbonyl (C=O) groups excluding carboxylic acids is 1. The van der Waals surface area contributed by atoms with E-state index in [1.807, 2.05) is 37.2 Å². The number of hydrogen-bond acceptors (Lipinski definition) is 3. The summed E-state index contributed by atoms with van der Waals surface area (Å²) in [7, 11) is 3.92. The third-order valence-corrected chi connectivity index (χ3v) is 2.48. The first-order chi connectivity index (χ1) is 7.50. The van der Waals surface area contributed by atoms with E-state index in [9.17, 15) is 4.79 Å². The fourth-order valence-corrected chi connectivity index (χ4v) is 1.89. The molecule has 0 aromatic heterocycles. The van der Waals surface area contributed by atoms with E-state index in [4.69, 9.17) is 5.73 Å². The van der Waals surface area contributed by atoms with Crippen molar-refractivity contribution in [3.05, 3.63) is 28.2 Å². The summed E-state index contributed by atoms with van der Waals surface area (Å²) in [6, 6.07) is 5.07. The standard InChI is InChI=1S/C10H13BrN4O/c1-15(2)9-4-3-7(5-8(9)11)6-13-14-10(12)16/h3-6H,1-2H3,(H3,12,14,16)/b13-6-. The van der Waals surface area contributed by atoms with E-state index >= 15 is 0 Å². The number of nitrogens with two attached hydrogens (primary N) is 1. The van der Waals surface area contributed by atoms with Gasteiger partial charge in [-0.3, -0.25) is 0 Å². The second-order valence-electron chi connectivity index (χ2n) is 3.34. The van der Waals surface area contributed by atoms with Gasteiger partial charge in [0.25, 0.3) is 0 Å². The molecule has 0 unspecified atom stereocenters. The molecule has 3 N–H and O–H groups in total. The third-order valence-electron chi connectivity index (χ3n) is 1.84. The summed E-state index contributed by atoms with van der Waals surface area (Å²) in [5.41, 5.74) is 8.94. The van der Waals surface area contributed by atoms with Gasteiger partial charge >= 0.3 is 6.03 Å². The Labute approximate surface area is 102 Å². The van der Waals surface area contributed by atoms with Gasteiger partial charge in [-0.25, -0.2) is 10.2 Å². The van der Waals surface area contributed by atoms with Gasteiger partial charge in [-0.2, -0.15) is 5.10 Å². The maximum atomic E-state index is 10.4. The number of nitrogens with zero attached hydrogens (tertiary/aromatic N) is 2. The molecule has 0 heterocycles. The highest BCUT2D eigenvalue weighted by Crippen LogP contribution is 2.25. The SMILES string of the molecule is CN(C)c1ccc(/C=N\NC(N)=O)cc1Br. The van der Waals surface area contributed by atoms with Crippen LogP contribution in [0.2, 0.25) is 0 Å². The average molecular weight is 285 g/mol. The molecule has 0 aliphatic rings. The molecular weight excluding hydrogens is 272 g/mol. The van der Waals surface area contributed by atoms with Crippen molar-refractivity contribution >= 4 is 33.9 Å². The molecule has 0 saturated carbocycles. The number of hydrogen-bond donors (Lipinski definition) is 2. The average Bonchev–Trinajstić information content (AvgIpc) is 2.16. The van der Waals surface area contributed by atoms with Gasteiger partial charge < -0.3 is 10.6 Å². The number of carbonyl (C=O) groups is 1. The van der Waals surface area contributed by atoms with Crippen LogP contribution in [0.25, 0.3) is 0 Å². The van der Waals surface area contributed by atoms with E-state index in [2.05, 4.69) is 26.5 Å². The molecule has 0 aliphatic carbocycles. The minimum atomic E-state index is -0.680. The second-order valence-corrected chi connectivity index (χ2v) is 4.19. The minimum Gasteiger partial charge on any atom is -0.377 e. The Kier molecular flexibility index (Phi) is 4.30. The van der Waals surface area contributed by atoms with Gasteiger partial charge in [0.2, 0.25) is 0 Å². The van der Waals surface area contributed by atoms with Crippen LogP contribution in [0.1, 0.15) is 5.56 Å². The molecule has 0 atom stereocenters. The maximum Gasteiger partial charge on any atom is 0.332 e. The van der Waals surface area contributed by atoms with Crippen LogP contribution in [0.4, 0.5) is 10.5 Å². The molecule has 86 valence electrons. The maximum absolute atomic E-state index is 10.4. The largest absolute Gasteiger partial charge is 0.377 e. The van der Waals surface area contributed by atoms with Crippen LogP contribution < -0.4 is 16.1 Å². The molecule has 5 nitrogen and oxygen atoms in total. The monoisotopic (exact) mass is 284 g/mol. The van der Waals surface area contributed by atoms with Gasteiger partial charge in [0.05, 0.1) is 11.9 Å². The lowest BCUT2D eigenvalue weighted by molar-refractivity contribution is 0.249. The summed E-state index contributed by atoms with van der Waals surface area (Å²) in [5.74, 6) is 0. The number of anilines is 1. The molecule has 0 radical (unpaired) electrons. The van der Waals surface area contributed by atoms with Gasteiger partial charge in [-0.1, -0.05) is 6.07 Å². The highest BCUT2D eigenvalue weighted by Gasteiger charge is 2.01. The molecule has 1 rings (SSSR count). The second kappa shape index (κ2) is 5.50. The number of nitrogens with one attached hydrogen (secondary N) is 1. The summed E-state index contributed by atoms with van der Waals surface area (Å²) < 4.78 is 0.959. The molecule has 0 saturated heterocycles. The zero-order valence-electron chi connectivity index (χ0n) is 9.07. The Morgan fingerprint density at radius 3 is 2.75 bits per heavy atom. The fraction of sp³-hybridized carbons (Fsp3) is 0.200. The molecule has 16 heavy (non-hydrogen) atoms. The molecular formula is C10H13BrN4O. The van der Waals surface area contributed by atoms with Crippen molar-refractivity contribution in [3.63, 3.8) is 0 Å². The van der Waals surface area contributed by atoms with Crippen molar-refractivity contribution in [2.24, 2.45) is 10.8 Å². The van der Waals surface area contributed by atoms with E-state index in [0.717, 1.165) is 15.7 Å². The van der Waals surface area contributed by atoms with E-state index in [0.29, 0.717) is 0 Å². The van der Waals surface area contributed by atoms with Crippen LogP contribution in [0.15, 0.2) is 27.8 Å². The number of primary amides is 1. The number of urea groups is 1. The molecule has 0 aliphatic heterocycles. The van der Waals surface area contributed by atoms with Gasteiger partial charge in [0.1, 0.15) is 0 Å². The summed E-state index contributed by atoms with van der Waals surface area (Å²) in [4.78, 5) is 12.4. The lowest BCUT2D eigenvalue weighted by atomic mass is 10.2. The van der Waals surface area contributed by atoms with Crippen LogP contribution in [-0.4, -0.2) is 26.3 Å². The Bertz CT molecular complexity index is 417. The predicted octanol–water partition coefficient (Wildman–Crippen LogP) is 1.52. The summed E-state index contributed by atoms with van der Waals surface area (Å²) >= 11 is 3.45. The number of halogens is 1. The predicted molar refractivity (Wildman–Crippen MR) is 68.8 cm³/mol. The first-order valence-corrected chi connectivity index (χ1v) is 5.35. The highest BCUT2D eigenvalue weighted by atomic mass is 79.9. The van der Waals surface area contributed by atoms with Crippen LogP contribution >= 0.6 is 15.9 Å². The fourth-order valence-electron chi connectivity index (χ4n) is 1.14. The van der Waals surface area contributed by atoms with E-state index in [1.54, 1.807) is 0 Å². The Morgan fingerprint density at radius 2 is 2.25 bits per heavy atom. The number of hydrazone groups is 1. The Hall–Kier alpha value is -1.56. The first-order valence-electron chi connectivity index (χ1n) is 4.56. The van der Waals surface area contributed by atoms with E-state index in [1.165, 1.54) is 6.21 Å². The van der Waals surface area contributed by atoms with E-state index in [-0.39, 0.29) is 0 Å². The Balaban J connectivity index is 2.81. The van der Waals surface area contributed by atoms with Crippen molar-refractivity contribution in [2.75, 3.05) is 19.0 Å². The van der Waals surface area contributed by atoms with Gasteiger partial charge in [-0.05, 0) is 33.6 Å². The van der Waals surface area contributed by atoms with Crippen LogP contribution in [-0.2, 0) is 0 Å². The smallest absolute Gasteiger partial charge is 0.332 e. The number of amides is 2. The van der Waals surface area contributed by atoms with Crippen molar-refractivity contribution in [1.29, 1.82) is 0 Å². The molecule has 1 aromatic rings. The zero-order valence-corrected chi connectivity index (χ0v) is 10.7. The van der Waals surface area contributed by atoms with Gasteiger partial charge in [0, 0.05) is 18.6 Å². The molecule has 0 fully saturated rings. The summed E-state index contributed by atoms with van der Waals surface area (Å²) in [6.45, 7) is 0. The van der Waals surface area contributed by atoms with Crippen molar-refractivity contribution in [3.8, 4) is 0 Å². The zero-order chi connectivity index (χ0) is 12.1. The van der Waals surface area contributed by atoms with Crippen molar-refractivity contribution in [2.45, 2.75) is 0 Å². The van der Waals surface area contributed by atoms with Crippen LogP contribution in [0.5, 0.6) is 0 Å². The lowest BCUT2D eigenvalue weighted by Gasteiger charge is -2.14. The molecule has 6 heteroatoms. The quantitative estimate of drug-likeness (QED) is 0.653. The topological polar surface area (TPSA) is 70.7 Å².